The molecule has 25 heavy (non-hydrogen) atoms. The number of nitrogens with one attached hydrogen (secondary N) is 3. The van der Waals surface area contributed by atoms with Crippen molar-refractivity contribution in [1.82, 2.24) is 16.0 Å². The quantitative estimate of drug-likeness (QED) is 0.691. The number of amides is 2. The van der Waals surface area contributed by atoms with E-state index < -0.39 is 6.04 Å². The van der Waals surface area contributed by atoms with Gasteiger partial charge in [0.2, 0.25) is 11.8 Å². The van der Waals surface area contributed by atoms with Gasteiger partial charge in [-0.15, -0.1) is 12.4 Å². The lowest BCUT2D eigenvalue weighted by Crippen LogP contribution is -2.56. The lowest BCUT2D eigenvalue weighted by Gasteiger charge is -2.32. The molecule has 2 rings (SSSR count). The minimum atomic E-state index is -0.458. The van der Waals surface area contributed by atoms with E-state index in [-0.39, 0.29) is 36.3 Å². The monoisotopic (exact) mass is 367 g/mol. The van der Waals surface area contributed by atoms with Gasteiger partial charge < -0.3 is 16.0 Å². The third kappa shape index (κ3) is 7.04. The normalized spacial score (nSPS) is 20.9. The van der Waals surface area contributed by atoms with E-state index >= 15 is 0 Å². The summed E-state index contributed by atoms with van der Waals surface area (Å²) in [6, 6.07) is 9.54. The molecule has 0 spiro atoms. The Morgan fingerprint density at radius 1 is 1.28 bits per heavy atom. The fourth-order valence-corrected chi connectivity index (χ4v) is 3.11. The van der Waals surface area contributed by atoms with Crippen molar-refractivity contribution in [2.75, 3.05) is 6.54 Å². The molecule has 0 aliphatic carbocycles. The molecule has 5 nitrogen and oxygen atoms in total. The van der Waals surface area contributed by atoms with E-state index in [1.54, 1.807) is 0 Å². The Morgan fingerprint density at radius 3 is 2.64 bits per heavy atom. The molecule has 0 saturated carbocycles. The van der Waals surface area contributed by atoms with Crippen LogP contribution in [0.1, 0.15) is 45.1 Å². The largest absolute Gasteiger partial charge is 0.350 e. The number of rotatable bonds is 7. The van der Waals surface area contributed by atoms with Crippen LogP contribution in [-0.2, 0) is 16.0 Å². The Hall–Kier alpha value is -1.59. The maximum atomic E-state index is 12.6. The molecule has 3 unspecified atom stereocenters. The van der Waals surface area contributed by atoms with Crippen LogP contribution < -0.4 is 16.0 Å². The van der Waals surface area contributed by atoms with E-state index in [4.69, 9.17) is 0 Å². The van der Waals surface area contributed by atoms with Crippen molar-refractivity contribution < 1.29 is 9.59 Å². The van der Waals surface area contributed by atoms with E-state index in [9.17, 15) is 9.59 Å². The summed E-state index contributed by atoms with van der Waals surface area (Å²) in [5.74, 6) is -0.177. The van der Waals surface area contributed by atoms with Crippen molar-refractivity contribution in [1.29, 1.82) is 0 Å². The number of hydrogen-bond donors (Lipinski definition) is 3. The third-order valence-electron chi connectivity index (χ3n) is 4.53. The summed E-state index contributed by atoms with van der Waals surface area (Å²) in [7, 11) is 0. The van der Waals surface area contributed by atoms with Crippen LogP contribution in [0.25, 0.3) is 0 Å². The van der Waals surface area contributed by atoms with Crippen molar-refractivity contribution in [3.8, 4) is 0 Å². The Kier molecular flexibility index (Phi) is 9.53. The number of halogens is 1. The number of benzene rings is 1. The molecule has 1 aliphatic rings. The van der Waals surface area contributed by atoms with Gasteiger partial charge in [-0.3, -0.25) is 9.59 Å². The van der Waals surface area contributed by atoms with Gasteiger partial charge in [0.05, 0.1) is 6.42 Å². The Labute approximate surface area is 156 Å². The highest BCUT2D eigenvalue weighted by molar-refractivity contribution is 5.88. The van der Waals surface area contributed by atoms with Gasteiger partial charge in [-0.05, 0) is 38.3 Å². The van der Waals surface area contributed by atoms with Gasteiger partial charge in [-0.1, -0.05) is 43.7 Å². The summed E-state index contributed by atoms with van der Waals surface area (Å²) < 4.78 is 0. The highest BCUT2D eigenvalue weighted by Gasteiger charge is 2.26. The maximum Gasteiger partial charge on any atom is 0.242 e. The molecule has 1 saturated heterocycles. The fraction of sp³-hybridized carbons (Fsp3) is 0.579. The zero-order valence-electron chi connectivity index (χ0n) is 15.1. The van der Waals surface area contributed by atoms with E-state index in [1.165, 1.54) is 0 Å². The Morgan fingerprint density at radius 2 is 2.00 bits per heavy atom. The average Bonchev–Trinajstić information content (AvgIpc) is 2.57. The standard InChI is InChI=1S/C19H29N3O2.ClH/c1-3-8-17(19(24)22-16-11-7-12-20-14(16)2)21-18(23)13-15-9-5-4-6-10-15;/h4-6,9-10,14,16-17,20H,3,7-8,11-13H2,1-2H3,(H,21,23)(H,22,24);1H. The maximum absolute atomic E-state index is 12.6. The average molecular weight is 368 g/mol. The molecule has 3 atom stereocenters. The topological polar surface area (TPSA) is 70.2 Å². The van der Waals surface area contributed by atoms with E-state index in [0.29, 0.717) is 12.8 Å². The zero-order valence-corrected chi connectivity index (χ0v) is 15.9. The smallest absolute Gasteiger partial charge is 0.242 e. The van der Waals surface area contributed by atoms with E-state index in [0.717, 1.165) is 31.4 Å². The second-order valence-electron chi connectivity index (χ2n) is 6.57. The molecule has 1 heterocycles. The zero-order chi connectivity index (χ0) is 17.4. The first kappa shape index (κ1) is 21.5. The summed E-state index contributed by atoms with van der Waals surface area (Å²) >= 11 is 0. The molecule has 0 bridgehead atoms. The van der Waals surface area contributed by atoms with Crippen LogP contribution in [0, 0.1) is 0 Å². The minimum absolute atomic E-state index is 0. The summed E-state index contributed by atoms with van der Waals surface area (Å²) in [5, 5.41) is 9.39. The Bertz CT molecular complexity index is 539. The molecule has 1 aromatic carbocycles. The van der Waals surface area contributed by atoms with Gasteiger partial charge in [0, 0.05) is 12.1 Å². The number of hydrogen-bond acceptors (Lipinski definition) is 3. The molecule has 0 radical (unpaired) electrons. The molecular formula is C19H30ClN3O2. The molecule has 0 aromatic heterocycles. The molecule has 1 aromatic rings. The Balaban J connectivity index is 0.00000312. The van der Waals surface area contributed by atoms with Crippen LogP contribution in [0.3, 0.4) is 0 Å². The second-order valence-corrected chi connectivity index (χ2v) is 6.57. The van der Waals surface area contributed by atoms with Gasteiger partial charge in [0.15, 0.2) is 0 Å². The van der Waals surface area contributed by atoms with Crippen LogP contribution in [-0.4, -0.2) is 36.5 Å². The van der Waals surface area contributed by atoms with Gasteiger partial charge in [0.1, 0.15) is 6.04 Å². The van der Waals surface area contributed by atoms with Crippen molar-refractivity contribution in [2.24, 2.45) is 0 Å². The lowest BCUT2D eigenvalue weighted by molar-refractivity contribution is -0.129. The first-order valence-electron chi connectivity index (χ1n) is 8.97. The molecule has 140 valence electrons. The molecule has 1 aliphatic heterocycles. The molecule has 3 N–H and O–H groups in total. The highest BCUT2D eigenvalue weighted by Crippen LogP contribution is 2.09. The third-order valence-corrected chi connectivity index (χ3v) is 4.53. The van der Waals surface area contributed by atoms with Gasteiger partial charge in [0.25, 0.3) is 0 Å². The lowest BCUT2D eigenvalue weighted by atomic mass is 9.99. The van der Waals surface area contributed by atoms with Crippen molar-refractivity contribution >= 4 is 24.2 Å². The number of carbonyl (C=O) groups is 2. The van der Waals surface area contributed by atoms with Crippen LogP contribution in [0.4, 0.5) is 0 Å². The van der Waals surface area contributed by atoms with Gasteiger partial charge >= 0.3 is 0 Å². The van der Waals surface area contributed by atoms with Crippen LogP contribution in [0.5, 0.6) is 0 Å². The number of piperidine rings is 1. The number of carbonyl (C=O) groups excluding carboxylic acids is 2. The van der Waals surface area contributed by atoms with Crippen molar-refractivity contribution in [3.63, 3.8) is 0 Å². The van der Waals surface area contributed by atoms with Gasteiger partial charge in [-0.2, -0.15) is 0 Å². The van der Waals surface area contributed by atoms with Crippen molar-refractivity contribution in [3.05, 3.63) is 35.9 Å². The van der Waals surface area contributed by atoms with Crippen LogP contribution in [0.15, 0.2) is 30.3 Å². The van der Waals surface area contributed by atoms with E-state index in [1.807, 2.05) is 37.3 Å². The summed E-state index contributed by atoms with van der Waals surface area (Å²) in [4.78, 5) is 24.8. The first-order valence-corrected chi connectivity index (χ1v) is 8.97. The molecule has 2 amide bonds. The van der Waals surface area contributed by atoms with E-state index in [2.05, 4.69) is 22.9 Å². The van der Waals surface area contributed by atoms with Crippen molar-refractivity contribution in [2.45, 2.75) is 64.1 Å². The predicted molar refractivity (Wildman–Crippen MR) is 103 cm³/mol. The molecular weight excluding hydrogens is 338 g/mol. The van der Waals surface area contributed by atoms with Gasteiger partial charge in [-0.25, -0.2) is 0 Å². The molecule has 6 heteroatoms. The first-order chi connectivity index (χ1) is 11.6. The van der Waals surface area contributed by atoms with Crippen LogP contribution >= 0.6 is 12.4 Å². The fourth-order valence-electron chi connectivity index (χ4n) is 3.11. The minimum Gasteiger partial charge on any atom is -0.350 e. The SMILES string of the molecule is CCCC(NC(=O)Cc1ccccc1)C(=O)NC1CCCNC1C.Cl. The summed E-state index contributed by atoms with van der Waals surface area (Å²) in [6.45, 7) is 5.11. The second kappa shape index (κ2) is 11.1. The van der Waals surface area contributed by atoms with Crippen LogP contribution in [0.2, 0.25) is 0 Å². The highest BCUT2D eigenvalue weighted by atomic mass is 35.5. The summed E-state index contributed by atoms with van der Waals surface area (Å²) in [6.07, 6.45) is 3.85. The summed E-state index contributed by atoms with van der Waals surface area (Å²) in [5.41, 5.74) is 0.954. The molecule has 1 fully saturated rings. The predicted octanol–water partition coefficient (Wildman–Crippen LogP) is 2.19.